The van der Waals surface area contributed by atoms with Gasteiger partial charge in [-0.3, -0.25) is 4.79 Å². The lowest BCUT2D eigenvalue weighted by Crippen LogP contribution is -2.39. The molecule has 1 amide bonds. The zero-order chi connectivity index (χ0) is 15.0. The Bertz CT molecular complexity index is 716. The van der Waals surface area contributed by atoms with Crippen LogP contribution in [0.4, 0.5) is 4.79 Å². The van der Waals surface area contributed by atoms with Crippen LogP contribution in [0, 0.1) is 0 Å². The number of carbonyl (C=O) groups excluding carboxylic acids is 1. The molecule has 21 heavy (non-hydrogen) atoms. The predicted molar refractivity (Wildman–Crippen MR) is 73.6 cm³/mol. The zero-order valence-corrected chi connectivity index (χ0v) is 11.7. The smallest absolute Gasteiger partial charge is 0.407 e. The molecule has 1 aliphatic rings. The van der Waals surface area contributed by atoms with Crippen LogP contribution in [0.25, 0.3) is 11.2 Å². The Labute approximate surface area is 124 Å². The van der Waals surface area contributed by atoms with Gasteiger partial charge >= 0.3 is 6.09 Å². The van der Waals surface area contributed by atoms with Crippen LogP contribution in [0.1, 0.15) is 29.2 Å². The van der Waals surface area contributed by atoms with Gasteiger partial charge in [-0.05, 0) is 12.8 Å². The maximum absolute atomic E-state index is 11.1. The summed E-state index contributed by atoms with van der Waals surface area (Å²) in [7, 11) is 0. The minimum atomic E-state index is -0.938. The fraction of sp³-hybridized carbons (Fsp3) is 0.417. The molecule has 0 radical (unpaired) electrons. The molecule has 8 nitrogen and oxygen atoms in total. The van der Waals surface area contributed by atoms with Crippen LogP contribution in [0.2, 0.25) is 5.15 Å². The number of carbonyl (C=O) groups is 2. The number of hydrogen-bond donors (Lipinski definition) is 1. The van der Waals surface area contributed by atoms with Gasteiger partial charge in [-0.2, -0.15) is 0 Å². The fourth-order valence-corrected chi connectivity index (χ4v) is 2.79. The van der Waals surface area contributed by atoms with E-state index in [0.717, 1.165) is 12.8 Å². The minimum Gasteiger partial charge on any atom is -0.465 e. The Morgan fingerprint density at radius 2 is 2.29 bits per heavy atom. The van der Waals surface area contributed by atoms with Crippen molar-refractivity contribution in [1.82, 2.24) is 24.6 Å². The third-order valence-corrected chi connectivity index (χ3v) is 3.93. The molecule has 110 valence electrons. The molecule has 1 aliphatic heterocycles. The topological polar surface area (TPSA) is 101 Å². The minimum absolute atomic E-state index is 0.0126. The lowest BCUT2D eigenvalue weighted by molar-refractivity contribution is 0.112. The Kier molecular flexibility index (Phi) is 3.46. The summed E-state index contributed by atoms with van der Waals surface area (Å²) in [5.41, 5.74) is 1.03. The zero-order valence-electron chi connectivity index (χ0n) is 10.9. The number of aromatic nitrogens is 4. The van der Waals surface area contributed by atoms with Crippen molar-refractivity contribution in [3.05, 3.63) is 17.0 Å². The Hall–Kier alpha value is -2.22. The highest BCUT2D eigenvalue weighted by Crippen LogP contribution is 2.26. The van der Waals surface area contributed by atoms with E-state index < -0.39 is 6.09 Å². The number of likely N-dealkylation sites (tertiary alicyclic amines) is 1. The van der Waals surface area contributed by atoms with E-state index >= 15 is 0 Å². The number of rotatable bonds is 2. The van der Waals surface area contributed by atoms with E-state index in [1.54, 1.807) is 10.9 Å². The molecule has 2 aromatic rings. The Morgan fingerprint density at radius 3 is 3.00 bits per heavy atom. The summed E-state index contributed by atoms with van der Waals surface area (Å²) in [5.74, 6) is 0. The van der Waals surface area contributed by atoms with Crippen molar-refractivity contribution in [3.8, 4) is 0 Å². The summed E-state index contributed by atoms with van der Waals surface area (Å²) in [5, 5.41) is 16.8. The number of piperidine rings is 1. The molecule has 1 saturated heterocycles. The van der Waals surface area contributed by atoms with E-state index in [1.807, 2.05) is 0 Å². The number of nitrogens with zero attached hydrogens (tertiary/aromatic N) is 5. The van der Waals surface area contributed by atoms with E-state index in [4.69, 9.17) is 16.7 Å². The molecule has 0 saturated carbocycles. The average Bonchev–Trinajstić information content (AvgIpc) is 2.91. The van der Waals surface area contributed by atoms with Crippen LogP contribution in [0.15, 0.2) is 6.33 Å². The normalized spacial score (nSPS) is 18.9. The number of amides is 1. The lowest BCUT2D eigenvalue weighted by atomic mass is 10.1. The van der Waals surface area contributed by atoms with E-state index in [1.165, 1.54) is 4.90 Å². The fourth-order valence-electron chi connectivity index (χ4n) is 2.61. The van der Waals surface area contributed by atoms with Crippen LogP contribution >= 0.6 is 11.6 Å². The summed E-state index contributed by atoms with van der Waals surface area (Å²) in [4.78, 5) is 27.7. The van der Waals surface area contributed by atoms with Crippen molar-refractivity contribution in [2.24, 2.45) is 0 Å². The Balaban J connectivity index is 2.01. The average molecular weight is 310 g/mol. The van der Waals surface area contributed by atoms with Gasteiger partial charge in [-0.1, -0.05) is 11.6 Å². The molecule has 1 N–H and O–H groups in total. The molecule has 0 spiro atoms. The van der Waals surface area contributed by atoms with Gasteiger partial charge in [0.05, 0.1) is 17.9 Å². The standard InChI is InChI=1S/C12H12ClN5O3/c13-10-8(5-19)9-11(16-15-10)18(6-14-9)7-2-1-3-17(4-7)12(20)21/h5-7H,1-4H2,(H,20,21)/t7-/m1/s1. The molecule has 2 aromatic heterocycles. The van der Waals surface area contributed by atoms with Crippen LogP contribution in [0.3, 0.4) is 0 Å². The van der Waals surface area contributed by atoms with Crippen LogP contribution < -0.4 is 0 Å². The van der Waals surface area contributed by atoms with Crippen LogP contribution in [-0.2, 0) is 0 Å². The third-order valence-electron chi connectivity index (χ3n) is 3.66. The third kappa shape index (κ3) is 2.31. The second-order valence-electron chi connectivity index (χ2n) is 4.87. The first-order chi connectivity index (χ1) is 10.1. The highest BCUT2D eigenvalue weighted by atomic mass is 35.5. The highest BCUT2D eigenvalue weighted by Gasteiger charge is 2.26. The summed E-state index contributed by atoms with van der Waals surface area (Å²) >= 11 is 5.82. The lowest BCUT2D eigenvalue weighted by Gasteiger charge is -2.31. The summed E-state index contributed by atoms with van der Waals surface area (Å²) in [6, 6.07) is -0.0742. The highest BCUT2D eigenvalue weighted by molar-refractivity contribution is 6.32. The molecule has 0 aliphatic carbocycles. The first kappa shape index (κ1) is 13.7. The summed E-state index contributed by atoms with van der Waals surface area (Å²) < 4.78 is 1.76. The molecule has 1 atom stereocenters. The van der Waals surface area contributed by atoms with Gasteiger partial charge in [0.2, 0.25) is 0 Å². The largest absolute Gasteiger partial charge is 0.465 e. The Morgan fingerprint density at radius 1 is 1.48 bits per heavy atom. The van der Waals surface area contributed by atoms with Crippen molar-refractivity contribution < 1.29 is 14.7 Å². The molecule has 3 rings (SSSR count). The molecule has 1 fully saturated rings. The van der Waals surface area contributed by atoms with Crippen molar-refractivity contribution in [1.29, 1.82) is 0 Å². The number of fused-ring (bicyclic) bond motifs is 1. The molecular formula is C12H12ClN5O3. The van der Waals surface area contributed by atoms with E-state index in [2.05, 4.69) is 15.2 Å². The molecule has 3 heterocycles. The number of imidazole rings is 1. The number of aldehydes is 1. The SMILES string of the molecule is O=Cc1c(Cl)nnc2c1ncn2[C@@H]1CCCN(C(=O)O)C1. The van der Waals surface area contributed by atoms with Gasteiger partial charge < -0.3 is 14.6 Å². The molecule has 0 bridgehead atoms. The van der Waals surface area contributed by atoms with Gasteiger partial charge in [-0.15, -0.1) is 10.2 Å². The van der Waals surface area contributed by atoms with Gasteiger partial charge in [0.15, 0.2) is 17.1 Å². The monoisotopic (exact) mass is 309 g/mol. The first-order valence-corrected chi connectivity index (χ1v) is 6.81. The maximum atomic E-state index is 11.1. The van der Waals surface area contributed by atoms with Gasteiger partial charge in [0.25, 0.3) is 0 Å². The van der Waals surface area contributed by atoms with E-state index in [9.17, 15) is 9.59 Å². The van der Waals surface area contributed by atoms with Crippen LogP contribution in [0.5, 0.6) is 0 Å². The van der Waals surface area contributed by atoms with Crippen molar-refractivity contribution in [2.75, 3.05) is 13.1 Å². The molecule has 0 aromatic carbocycles. The van der Waals surface area contributed by atoms with Gasteiger partial charge in [0, 0.05) is 13.1 Å². The quantitative estimate of drug-likeness (QED) is 0.846. The van der Waals surface area contributed by atoms with E-state index in [0.29, 0.717) is 30.5 Å². The number of hydrogen-bond acceptors (Lipinski definition) is 5. The van der Waals surface area contributed by atoms with Crippen molar-refractivity contribution in [3.63, 3.8) is 0 Å². The van der Waals surface area contributed by atoms with Crippen LogP contribution in [-0.4, -0.2) is 55.2 Å². The molecular weight excluding hydrogens is 298 g/mol. The number of halogens is 1. The summed E-state index contributed by atoms with van der Waals surface area (Å²) in [6.45, 7) is 0.886. The second-order valence-corrected chi connectivity index (χ2v) is 5.23. The molecule has 9 heteroatoms. The van der Waals surface area contributed by atoms with Gasteiger partial charge in [0.1, 0.15) is 5.52 Å². The molecule has 0 unspecified atom stereocenters. The van der Waals surface area contributed by atoms with E-state index in [-0.39, 0.29) is 16.8 Å². The number of carboxylic acid groups (broad SMARTS) is 1. The van der Waals surface area contributed by atoms with Crippen molar-refractivity contribution in [2.45, 2.75) is 18.9 Å². The maximum Gasteiger partial charge on any atom is 0.407 e. The van der Waals surface area contributed by atoms with Crippen molar-refractivity contribution >= 4 is 35.1 Å². The first-order valence-electron chi connectivity index (χ1n) is 6.43. The predicted octanol–water partition coefficient (Wildman–Crippen LogP) is 1.61. The van der Waals surface area contributed by atoms with Gasteiger partial charge in [-0.25, -0.2) is 9.78 Å². The summed E-state index contributed by atoms with van der Waals surface area (Å²) in [6.07, 6.45) is 2.79. The second kappa shape index (κ2) is 5.28.